The molecule has 1 aromatic rings. The third-order valence-electron chi connectivity index (χ3n) is 1.99. The second-order valence-corrected chi connectivity index (χ2v) is 2.86. The minimum Gasteiger partial charge on any atom is -0.302 e. The van der Waals surface area contributed by atoms with E-state index in [1.807, 2.05) is 33.9 Å². The van der Waals surface area contributed by atoms with Crippen molar-refractivity contribution in [3.63, 3.8) is 0 Å². The smallest absolute Gasteiger partial charge is 0.0535 e. The topological polar surface area (TPSA) is 31.9 Å². The molecule has 0 saturated heterocycles. The highest BCUT2D eigenvalue weighted by molar-refractivity contribution is 5.18. The lowest BCUT2D eigenvalue weighted by Crippen LogP contribution is -2.25. The number of nitrogens with zero attached hydrogens (tertiary/aromatic N) is 2. The molecule has 1 aliphatic rings. The van der Waals surface area contributed by atoms with Crippen molar-refractivity contribution in [2.24, 2.45) is 0 Å². The lowest BCUT2D eigenvalue weighted by atomic mass is 10.1. The average molecular weight is 197 g/mol. The summed E-state index contributed by atoms with van der Waals surface area (Å²) in [6.45, 7) is 10.2. The number of nitrogens with one attached hydrogen (secondary N) is 1. The predicted molar refractivity (Wildman–Crippen MR) is 61.3 cm³/mol. The number of aromatic nitrogens is 2. The van der Waals surface area contributed by atoms with Crippen LogP contribution in [0.3, 0.4) is 0 Å². The van der Waals surface area contributed by atoms with Crippen molar-refractivity contribution in [3.05, 3.63) is 17.5 Å². The van der Waals surface area contributed by atoms with Crippen LogP contribution in [0.2, 0.25) is 0 Å². The second-order valence-electron chi connectivity index (χ2n) is 2.86. The first kappa shape index (κ1) is 13.2. The highest BCUT2D eigenvalue weighted by Gasteiger charge is 2.13. The molecule has 1 aromatic heterocycles. The van der Waals surface area contributed by atoms with Gasteiger partial charge in [0, 0.05) is 30.8 Å². The van der Waals surface area contributed by atoms with Gasteiger partial charge in [0.05, 0.1) is 6.20 Å². The van der Waals surface area contributed by atoms with Crippen molar-refractivity contribution >= 4 is 0 Å². The molecule has 82 valence electrons. The Labute approximate surface area is 87.5 Å². The second kappa shape index (κ2) is 7.56. The molecule has 2 heterocycles. The minimum atomic E-state index is 1.05. The summed E-state index contributed by atoms with van der Waals surface area (Å²) in [5.41, 5.74) is 2.67. The Kier molecular flexibility index (Phi) is 7.11. The van der Waals surface area contributed by atoms with Crippen LogP contribution in [0, 0.1) is 0 Å². The van der Waals surface area contributed by atoms with Crippen LogP contribution in [0.5, 0.6) is 0 Å². The molecule has 0 saturated carbocycles. The van der Waals surface area contributed by atoms with Gasteiger partial charge in [0.1, 0.15) is 0 Å². The molecule has 0 atom stereocenters. The Balaban J connectivity index is 0.000000379. The maximum atomic E-state index is 3.99. The zero-order chi connectivity index (χ0) is 11.0. The van der Waals surface area contributed by atoms with E-state index in [4.69, 9.17) is 0 Å². The maximum absolute atomic E-state index is 3.99. The van der Waals surface area contributed by atoms with Crippen LogP contribution in [0.4, 0.5) is 0 Å². The maximum Gasteiger partial charge on any atom is 0.0535 e. The van der Waals surface area contributed by atoms with Gasteiger partial charge in [-0.1, -0.05) is 27.7 Å². The molecule has 2 rings (SSSR count). The molecule has 3 nitrogen and oxygen atoms in total. The molecule has 0 spiro atoms. The third-order valence-corrected chi connectivity index (χ3v) is 1.99. The molecule has 0 unspecified atom stereocenters. The van der Waals surface area contributed by atoms with E-state index in [9.17, 15) is 0 Å². The number of likely N-dealkylation sites (N-methyl/N-ethyl adjacent to an activating group) is 1. The fraction of sp³-hybridized carbons (Fsp3) is 0.727. The molecule has 14 heavy (non-hydrogen) atoms. The number of aromatic amines is 1. The van der Waals surface area contributed by atoms with Gasteiger partial charge in [-0.05, 0) is 7.05 Å². The van der Waals surface area contributed by atoms with E-state index in [1.165, 1.54) is 11.3 Å². The van der Waals surface area contributed by atoms with Crippen LogP contribution >= 0.6 is 0 Å². The Morgan fingerprint density at radius 2 is 1.93 bits per heavy atom. The fourth-order valence-electron chi connectivity index (χ4n) is 1.36. The minimum absolute atomic E-state index is 1.05. The molecule has 1 aliphatic heterocycles. The summed E-state index contributed by atoms with van der Waals surface area (Å²) in [6, 6.07) is 0. The monoisotopic (exact) mass is 197 g/mol. The zero-order valence-electron chi connectivity index (χ0n) is 10.1. The van der Waals surface area contributed by atoms with Crippen molar-refractivity contribution in [3.8, 4) is 0 Å². The van der Waals surface area contributed by atoms with Crippen LogP contribution in [0.1, 0.15) is 39.0 Å². The van der Waals surface area contributed by atoms with E-state index >= 15 is 0 Å². The standard InChI is InChI=1S/C7H11N3.2C2H6/c1-10-3-2-7-6(5-10)4-8-9-7;2*1-2/h4H,2-3,5H2,1H3,(H,8,9);2*1-2H3. The van der Waals surface area contributed by atoms with Crippen molar-refractivity contribution in [1.29, 1.82) is 0 Å². The molecule has 0 fully saturated rings. The summed E-state index contributed by atoms with van der Waals surface area (Å²) in [7, 11) is 2.13. The Hall–Kier alpha value is -0.830. The van der Waals surface area contributed by atoms with Crippen LogP contribution in [-0.4, -0.2) is 28.7 Å². The molecule has 1 N–H and O–H groups in total. The highest BCUT2D eigenvalue weighted by atomic mass is 15.2. The van der Waals surface area contributed by atoms with E-state index < -0.39 is 0 Å². The van der Waals surface area contributed by atoms with Gasteiger partial charge in [-0.3, -0.25) is 5.10 Å². The summed E-state index contributed by atoms with van der Waals surface area (Å²) < 4.78 is 0. The fourth-order valence-corrected chi connectivity index (χ4v) is 1.36. The van der Waals surface area contributed by atoms with Gasteiger partial charge in [-0.25, -0.2) is 0 Å². The van der Waals surface area contributed by atoms with E-state index in [0.29, 0.717) is 0 Å². The number of rotatable bonds is 0. The summed E-state index contributed by atoms with van der Waals surface area (Å²) in [5.74, 6) is 0. The zero-order valence-corrected chi connectivity index (χ0v) is 10.1. The van der Waals surface area contributed by atoms with E-state index in [1.54, 1.807) is 0 Å². The van der Waals surface area contributed by atoms with E-state index in [-0.39, 0.29) is 0 Å². The van der Waals surface area contributed by atoms with Gasteiger partial charge < -0.3 is 4.90 Å². The van der Waals surface area contributed by atoms with E-state index in [0.717, 1.165) is 19.5 Å². The predicted octanol–water partition coefficient (Wildman–Crippen LogP) is 2.45. The number of hydrogen-bond donors (Lipinski definition) is 1. The van der Waals surface area contributed by atoms with Crippen molar-refractivity contribution < 1.29 is 0 Å². The van der Waals surface area contributed by atoms with Gasteiger partial charge in [0.25, 0.3) is 0 Å². The molecule has 0 radical (unpaired) electrons. The molecule has 0 aliphatic carbocycles. The summed E-state index contributed by atoms with van der Waals surface area (Å²) in [4.78, 5) is 2.30. The lowest BCUT2D eigenvalue weighted by Gasteiger charge is -2.20. The first-order valence-electron chi connectivity index (χ1n) is 5.56. The SMILES string of the molecule is CC.CC.CN1CCc2[nH]ncc2C1. The molecule has 3 heteroatoms. The summed E-state index contributed by atoms with van der Waals surface area (Å²) in [5, 5.41) is 6.99. The number of fused-ring (bicyclic) bond motifs is 1. The van der Waals surface area contributed by atoms with Crippen LogP contribution in [0.15, 0.2) is 6.20 Å². The van der Waals surface area contributed by atoms with Gasteiger partial charge in [0.2, 0.25) is 0 Å². The van der Waals surface area contributed by atoms with Crippen molar-refractivity contribution in [2.75, 3.05) is 13.6 Å². The molecule has 0 bridgehead atoms. The van der Waals surface area contributed by atoms with Crippen LogP contribution in [0.25, 0.3) is 0 Å². The number of hydrogen-bond acceptors (Lipinski definition) is 2. The van der Waals surface area contributed by atoms with Crippen LogP contribution in [-0.2, 0) is 13.0 Å². The molecule has 0 aromatic carbocycles. The highest BCUT2D eigenvalue weighted by Crippen LogP contribution is 2.13. The summed E-state index contributed by atoms with van der Waals surface area (Å²) in [6.07, 6.45) is 3.04. The summed E-state index contributed by atoms with van der Waals surface area (Å²) >= 11 is 0. The molecular weight excluding hydrogens is 174 g/mol. The lowest BCUT2D eigenvalue weighted by molar-refractivity contribution is 0.311. The first-order chi connectivity index (χ1) is 6.86. The largest absolute Gasteiger partial charge is 0.302 e. The van der Waals surface area contributed by atoms with Crippen molar-refractivity contribution in [1.82, 2.24) is 15.1 Å². The molecular formula is C11H23N3. The van der Waals surface area contributed by atoms with Crippen LogP contribution < -0.4 is 0 Å². The van der Waals surface area contributed by atoms with Gasteiger partial charge in [-0.15, -0.1) is 0 Å². The molecule has 0 amide bonds. The Bertz CT molecular complexity index is 230. The van der Waals surface area contributed by atoms with Crippen molar-refractivity contribution in [2.45, 2.75) is 40.7 Å². The quantitative estimate of drug-likeness (QED) is 0.693. The normalized spacial score (nSPS) is 14.4. The van der Waals surface area contributed by atoms with Gasteiger partial charge >= 0.3 is 0 Å². The van der Waals surface area contributed by atoms with Gasteiger partial charge in [-0.2, -0.15) is 5.10 Å². The Morgan fingerprint density at radius 3 is 2.57 bits per heavy atom. The Morgan fingerprint density at radius 1 is 1.29 bits per heavy atom. The average Bonchev–Trinajstić information content (AvgIpc) is 2.71. The first-order valence-corrected chi connectivity index (χ1v) is 5.56. The van der Waals surface area contributed by atoms with Gasteiger partial charge in [0.15, 0.2) is 0 Å². The van der Waals surface area contributed by atoms with E-state index in [2.05, 4.69) is 22.1 Å². The third kappa shape index (κ3) is 3.50. The number of H-pyrrole nitrogens is 1.